The number of hydrogen-bond acceptors (Lipinski definition) is 3. The number of rotatable bonds is 4. The van der Waals surface area contributed by atoms with Crippen LogP contribution in [0.25, 0.3) is 5.69 Å². The summed E-state index contributed by atoms with van der Waals surface area (Å²) in [4.78, 5) is 10.2. The highest BCUT2D eigenvalue weighted by molar-refractivity contribution is 5.36. The van der Waals surface area contributed by atoms with Gasteiger partial charge < -0.3 is 0 Å². The standard InChI is InChI=1S/C12H12N3O2/c1-10(15(16)17)9-11-3-5-12(6-4-11)14-8-2-7-13-14/h2-10H,1H3. The Hall–Kier alpha value is -2.17. The van der Waals surface area contributed by atoms with Gasteiger partial charge >= 0.3 is 0 Å². The summed E-state index contributed by atoms with van der Waals surface area (Å²) in [6, 6.07) is 8.62. The molecule has 5 nitrogen and oxygen atoms in total. The van der Waals surface area contributed by atoms with E-state index in [1.165, 1.54) is 0 Å². The lowest BCUT2D eigenvalue weighted by Crippen LogP contribution is -2.15. The van der Waals surface area contributed by atoms with Crippen LogP contribution in [0.5, 0.6) is 0 Å². The van der Waals surface area contributed by atoms with Gasteiger partial charge in [0, 0.05) is 24.2 Å². The number of benzene rings is 1. The predicted octanol–water partition coefficient (Wildman–Crippen LogP) is 2.09. The second kappa shape index (κ2) is 4.78. The third-order valence-electron chi connectivity index (χ3n) is 2.43. The molecule has 0 spiro atoms. The van der Waals surface area contributed by atoms with Crippen LogP contribution in [0, 0.1) is 16.5 Å². The van der Waals surface area contributed by atoms with Gasteiger partial charge in [0.1, 0.15) is 0 Å². The zero-order chi connectivity index (χ0) is 12.3. The minimum Gasteiger partial charge on any atom is -0.264 e. The maximum atomic E-state index is 10.5. The zero-order valence-electron chi connectivity index (χ0n) is 9.35. The van der Waals surface area contributed by atoms with Crippen LogP contribution in [0.15, 0.2) is 42.7 Å². The van der Waals surface area contributed by atoms with E-state index in [0.29, 0.717) is 0 Å². The first-order valence-corrected chi connectivity index (χ1v) is 5.25. The molecule has 0 saturated heterocycles. The Kier molecular flexibility index (Phi) is 3.18. The zero-order valence-corrected chi connectivity index (χ0v) is 9.35. The van der Waals surface area contributed by atoms with Crippen molar-refractivity contribution in [1.82, 2.24) is 9.78 Å². The van der Waals surface area contributed by atoms with Crippen molar-refractivity contribution in [3.05, 3.63) is 64.8 Å². The predicted molar refractivity (Wildman–Crippen MR) is 63.4 cm³/mol. The quantitative estimate of drug-likeness (QED) is 0.596. The van der Waals surface area contributed by atoms with Crippen molar-refractivity contribution in [2.75, 3.05) is 0 Å². The molecule has 0 amide bonds. The summed E-state index contributed by atoms with van der Waals surface area (Å²) >= 11 is 0. The molecular weight excluding hydrogens is 218 g/mol. The first-order chi connectivity index (χ1) is 8.16. The highest BCUT2D eigenvalue weighted by Crippen LogP contribution is 2.12. The summed E-state index contributed by atoms with van der Waals surface area (Å²) in [5, 5.41) is 14.6. The highest BCUT2D eigenvalue weighted by Gasteiger charge is 2.13. The van der Waals surface area contributed by atoms with Crippen LogP contribution < -0.4 is 0 Å². The Morgan fingerprint density at radius 3 is 2.65 bits per heavy atom. The molecule has 0 aliphatic rings. The molecule has 1 aromatic carbocycles. The summed E-state index contributed by atoms with van der Waals surface area (Å²) in [7, 11) is 0. The number of nitrogens with zero attached hydrogens (tertiary/aromatic N) is 3. The average Bonchev–Trinajstić information content (AvgIpc) is 2.83. The molecule has 1 atom stereocenters. The van der Waals surface area contributed by atoms with E-state index >= 15 is 0 Å². The second-order valence-electron chi connectivity index (χ2n) is 3.73. The normalized spacial score (nSPS) is 12.3. The van der Waals surface area contributed by atoms with Gasteiger partial charge in [0.05, 0.1) is 12.1 Å². The lowest BCUT2D eigenvalue weighted by Gasteiger charge is -2.05. The average molecular weight is 230 g/mol. The van der Waals surface area contributed by atoms with Crippen LogP contribution in [0.2, 0.25) is 0 Å². The molecule has 0 N–H and O–H groups in total. The molecule has 1 aromatic heterocycles. The van der Waals surface area contributed by atoms with Gasteiger partial charge in [-0.05, 0) is 23.8 Å². The summed E-state index contributed by atoms with van der Waals surface area (Å²) in [6.07, 6.45) is 5.17. The summed E-state index contributed by atoms with van der Waals surface area (Å²) in [5.41, 5.74) is 1.77. The largest absolute Gasteiger partial charge is 0.264 e. The molecule has 1 heterocycles. The number of aromatic nitrogens is 2. The van der Waals surface area contributed by atoms with Crippen LogP contribution in [-0.4, -0.2) is 20.7 Å². The Bertz CT molecular complexity index is 491. The molecule has 1 unspecified atom stereocenters. The van der Waals surface area contributed by atoms with Gasteiger partial charge in [-0.2, -0.15) is 5.10 Å². The van der Waals surface area contributed by atoms with Gasteiger partial charge in [0.2, 0.25) is 6.04 Å². The molecule has 0 aliphatic heterocycles. The topological polar surface area (TPSA) is 61.0 Å². The third-order valence-corrected chi connectivity index (χ3v) is 2.43. The minimum atomic E-state index is -0.675. The van der Waals surface area contributed by atoms with Crippen LogP contribution in [0.1, 0.15) is 12.5 Å². The maximum absolute atomic E-state index is 10.5. The third kappa shape index (κ3) is 2.69. The van der Waals surface area contributed by atoms with Crippen LogP contribution >= 0.6 is 0 Å². The van der Waals surface area contributed by atoms with Gasteiger partial charge in [-0.15, -0.1) is 0 Å². The van der Waals surface area contributed by atoms with Crippen molar-refractivity contribution in [3.63, 3.8) is 0 Å². The van der Waals surface area contributed by atoms with Crippen molar-refractivity contribution in [1.29, 1.82) is 0 Å². The van der Waals surface area contributed by atoms with Gasteiger partial charge in [0.15, 0.2) is 0 Å². The minimum absolute atomic E-state index is 0.318. The lowest BCUT2D eigenvalue weighted by molar-refractivity contribution is -0.508. The first-order valence-electron chi connectivity index (χ1n) is 5.25. The van der Waals surface area contributed by atoms with E-state index in [1.807, 2.05) is 36.5 Å². The maximum Gasteiger partial charge on any atom is 0.218 e. The summed E-state index contributed by atoms with van der Waals surface area (Å²) in [5.74, 6) is 0. The van der Waals surface area contributed by atoms with Crippen molar-refractivity contribution < 1.29 is 4.92 Å². The van der Waals surface area contributed by atoms with Crippen LogP contribution in [0.3, 0.4) is 0 Å². The van der Waals surface area contributed by atoms with E-state index in [4.69, 9.17) is 0 Å². The molecule has 0 fully saturated rings. The van der Waals surface area contributed by atoms with Gasteiger partial charge in [-0.1, -0.05) is 12.1 Å². The molecule has 0 aliphatic carbocycles. The van der Waals surface area contributed by atoms with E-state index in [9.17, 15) is 10.1 Å². The van der Waals surface area contributed by atoms with Gasteiger partial charge in [0.25, 0.3) is 0 Å². The molecule has 5 heteroatoms. The fourth-order valence-corrected chi connectivity index (χ4v) is 1.50. The molecule has 0 saturated carbocycles. The Balaban J connectivity index is 2.11. The van der Waals surface area contributed by atoms with E-state index in [2.05, 4.69) is 5.10 Å². The molecule has 1 radical (unpaired) electrons. The van der Waals surface area contributed by atoms with Crippen LogP contribution in [-0.2, 0) is 0 Å². The molecule has 2 rings (SSSR count). The summed E-state index contributed by atoms with van der Waals surface area (Å²) in [6.45, 7) is 1.56. The van der Waals surface area contributed by atoms with Crippen molar-refractivity contribution in [3.8, 4) is 5.69 Å². The van der Waals surface area contributed by atoms with Crippen molar-refractivity contribution in [2.24, 2.45) is 0 Å². The fraction of sp³-hybridized carbons (Fsp3) is 0.167. The smallest absolute Gasteiger partial charge is 0.218 e. The van der Waals surface area contributed by atoms with Gasteiger partial charge in [-0.3, -0.25) is 10.1 Å². The van der Waals surface area contributed by atoms with E-state index in [-0.39, 0.29) is 4.92 Å². The summed E-state index contributed by atoms with van der Waals surface area (Å²) < 4.78 is 1.74. The second-order valence-corrected chi connectivity index (χ2v) is 3.73. The first kappa shape index (κ1) is 11.3. The Labute approximate surface area is 98.8 Å². The molecule has 0 bridgehead atoms. The number of hydrogen-bond donors (Lipinski definition) is 0. The van der Waals surface area contributed by atoms with Gasteiger partial charge in [-0.25, -0.2) is 4.68 Å². The van der Waals surface area contributed by atoms with E-state index in [1.54, 1.807) is 24.2 Å². The van der Waals surface area contributed by atoms with Crippen molar-refractivity contribution in [2.45, 2.75) is 13.0 Å². The SMILES string of the molecule is CC([CH]c1ccc(-n2cccn2)cc1)[N+](=O)[O-]. The van der Waals surface area contributed by atoms with E-state index in [0.717, 1.165) is 11.3 Å². The van der Waals surface area contributed by atoms with E-state index < -0.39 is 6.04 Å². The Morgan fingerprint density at radius 2 is 2.12 bits per heavy atom. The fourth-order valence-electron chi connectivity index (χ4n) is 1.50. The highest BCUT2D eigenvalue weighted by atomic mass is 16.6. The molecule has 17 heavy (non-hydrogen) atoms. The monoisotopic (exact) mass is 230 g/mol. The lowest BCUT2D eigenvalue weighted by atomic mass is 10.1. The van der Waals surface area contributed by atoms with Crippen LogP contribution in [0.4, 0.5) is 0 Å². The molecular formula is C12H12N3O2. The Morgan fingerprint density at radius 1 is 1.41 bits per heavy atom. The number of nitro groups is 1. The van der Waals surface area contributed by atoms with Crippen molar-refractivity contribution >= 4 is 0 Å². The molecule has 2 aromatic rings. The molecule has 87 valence electrons.